The summed E-state index contributed by atoms with van der Waals surface area (Å²) in [5.74, 6) is 0.357. The van der Waals surface area contributed by atoms with Gasteiger partial charge >= 0.3 is 6.03 Å². The molecule has 0 heterocycles. The second kappa shape index (κ2) is 7.90. The first-order valence-electron chi connectivity index (χ1n) is 7.18. The zero-order valence-corrected chi connectivity index (χ0v) is 12.8. The molecule has 20 heavy (non-hydrogen) atoms. The second-order valence-electron chi connectivity index (χ2n) is 5.83. The van der Waals surface area contributed by atoms with Crippen LogP contribution in [-0.4, -0.2) is 35.2 Å². The van der Waals surface area contributed by atoms with Crippen molar-refractivity contribution in [2.24, 2.45) is 5.92 Å². The lowest BCUT2D eigenvalue weighted by Crippen LogP contribution is -2.46. The standard InChI is InChI=1S/C16H26N2O2/c1-12(2)10-18(16(20)17-13(3)4)11-15(19)14-8-6-5-7-9-14/h5-9,12-13,15,19H,10-11H2,1-4H3,(H,17,20)/t15-/m1/s1. The van der Waals surface area contributed by atoms with Gasteiger partial charge in [-0.05, 0) is 25.3 Å². The SMILES string of the molecule is CC(C)CN(C[C@@H](O)c1ccccc1)C(=O)NC(C)C. The number of aliphatic hydroxyl groups is 1. The molecular weight excluding hydrogens is 252 g/mol. The number of nitrogens with one attached hydrogen (secondary N) is 1. The summed E-state index contributed by atoms with van der Waals surface area (Å²) in [5.41, 5.74) is 0.832. The third-order valence-electron chi connectivity index (χ3n) is 2.86. The van der Waals surface area contributed by atoms with E-state index in [1.54, 1.807) is 4.90 Å². The molecule has 0 saturated heterocycles. The molecule has 1 rings (SSSR count). The van der Waals surface area contributed by atoms with E-state index in [-0.39, 0.29) is 12.1 Å². The number of aliphatic hydroxyl groups excluding tert-OH is 1. The number of carbonyl (C=O) groups is 1. The Labute approximate surface area is 121 Å². The topological polar surface area (TPSA) is 52.6 Å². The Hall–Kier alpha value is -1.55. The lowest BCUT2D eigenvalue weighted by molar-refractivity contribution is 0.115. The number of carbonyl (C=O) groups excluding carboxylic acids is 1. The van der Waals surface area contributed by atoms with E-state index in [4.69, 9.17) is 0 Å². The number of nitrogens with zero attached hydrogens (tertiary/aromatic N) is 1. The van der Waals surface area contributed by atoms with Gasteiger partial charge in [0.25, 0.3) is 0 Å². The van der Waals surface area contributed by atoms with Crippen molar-refractivity contribution in [3.8, 4) is 0 Å². The summed E-state index contributed by atoms with van der Waals surface area (Å²) in [5, 5.41) is 13.1. The first kappa shape index (κ1) is 16.5. The summed E-state index contributed by atoms with van der Waals surface area (Å²) >= 11 is 0. The Morgan fingerprint density at radius 1 is 1.15 bits per heavy atom. The van der Waals surface area contributed by atoms with Gasteiger partial charge in [-0.25, -0.2) is 4.79 Å². The van der Waals surface area contributed by atoms with Gasteiger partial charge in [-0.15, -0.1) is 0 Å². The van der Waals surface area contributed by atoms with E-state index in [1.165, 1.54) is 0 Å². The Bertz CT molecular complexity index is 404. The van der Waals surface area contributed by atoms with Crippen LogP contribution < -0.4 is 5.32 Å². The zero-order valence-electron chi connectivity index (χ0n) is 12.8. The molecule has 1 atom stereocenters. The summed E-state index contributed by atoms with van der Waals surface area (Å²) in [7, 11) is 0. The minimum Gasteiger partial charge on any atom is -0.387 e. The average Bonchev–Trinajstić information content (AvgIpc) is 2.37. The molecule has 0 spiro atoms. The molecule has 0 fully saturated rings. The van der Waals surface area contributed by atoms with Crippen LogP contribution in [0.15, 0.2) is 30.3 Å². The van der Waals surface area contributed by atoms with Crippen LogP contribution in [0.5, 0.6) is 0 Å². The van der Waals surface area contributed by atoms with Crippen molar-refractivity contribution in [2.75, 3.05) is 13.1 Å². The molecule has 2 amide bonds. The van der Waals surface area contributed by atoms with E-state index < -0.39 is 6.10 Å². The fourth-order valence-corrected chi connectivity index (χ4v) is 2.01. The number of amides is 2. The van der Waals surface area contributed by atoms with Crippen molar-refractivity contribution in [1.29, 1.82) is 0 Å². The molecule has 112 valence electrons. The van der Waals surface area contributed by atoms with Crippen LogP contribution >= 0.6 is 0 Å². The fraction of sp³-hybridized carbons (Fsp3) is 0.562. The average molecular weight is 278 g/mol. The van der Waals surface area contributed by atoms with Crippen molar-refractivity contribution in [2.45, 2.75) is 39.8 Å². The molecule has 0 aliphatic rings. The van der Waals surface area contributed by atoms with Crippen LogP contribution in [0.1, 0.15) is 39.4 Å². The first-order valence-corrected chi connectivity index (χ1v) is 7.18. The van der Waals surface area contributed by atoms with Gasteiger partial charge in [0.2, 0.25) is 0 Å². The molecule has 0 aliphatic heterocycles. The molecule has 0 bridgehead atoms. The minimum atomic E-state index is -0.659. The van der Waals surface area contributed by atoms with Gasteiger partial charge in [0, 0.05) is 12.6 Å². The van der Waals surface area contributed by atoms with Crippen molar-refractivity contribution in [1.82, 2.24) is 10.2 Å². The van der Waals surface area contributed by atoms with Crippen LogP contribution in [0.3, 0.4) is 0 Å². The highest BCUT2D eigenvalue weighted by molar-refractivity contribution is 5.74. The molecule has 4 nitrogen and oxygen atoms in total. The Morgan fingerprint density at radius 3 is 2.25 bits per heavy atom. The van der Waals surface area contributed by atoms with Gasteiger partial charge in [-0.1, -0.05) is 44.2 Å². The van der Waals surface area contributed by atoms with Gasteiger partial charge in [0.05, 0.1) is 12.6 Å². The molecule has 1 aromatic carbocycles. The zero-order chi connectivity index (χ0) is 15.1. The molecule has 4 heteroatoms. The summed E-state index contributed by atoms with van der Waals surface area (Å²) in [4.78, 5) is 13.8. The predicted molar refractivity (Wildman–Crippen MR) is 81.5 cm³/mol. The van der Waals surface area contributed by atoms with Gasteiger partial charge in [0.15, 0.2) is 0 Å². The van der Waals surface area contributed by atoms with Gasteiger partial charge in [-0.2, -0.15) is 0 Å². The lowest BCUT2D eigenvalue weighted by atomic mass is 10.1. The Balaban J connectivity index is 2.71. The van der Waals surface area contributed by atoms with E-state index in [0.29, 0.717) is 19.0 Å². The number of benzene rings is 1. The van der Waals surface area contributed by atoms with Gasteiger partial charge in [-0.3, -0.25) is 0 Å². The number of rotatable bonds is 6. The van der Waals surface area contributed by atoms with Crippen molar-refractivity contribution >= 4 is 6.03 Å². The summed E-state index contributed by atoms with van der Waals surface area (Å²) in [6.07, 6.45) is -0.659. The van der Waals surface area contributed by atoms with Crippen LogP contribution in [0, 0.1) is 5.92 Å². The largest absolute Gasteiger partial charge is 0.387 e. The van der Waals surface area contributed by atoms with Crippen LogP contribution in [0.2, 0.25) is 0 Å². The summed E-state index contributed by atoms with van der Waals surface area (Å²) in [6.45, 7) is 8.91. The Kier molecular flexibility index (Phi) is 6.52. The fourth-order valence-electron chi connectivity index (χ4n) is 2.01. The third-order valence-corrected chi connectivity index (χ3v) is 2.86. The minimum absolute atomic E-state index is 0.0889. The predicted octanol–water partition coefficient (Wildman–Crippen LogP) is 2.80. The van der Waals surface area contributed by atoms with E-state index >= 15 is 0 Å². The molecule has 0 aliphatic carbocycles. The van der Waals surface area contributed by atoms with Crippen molar-refractivity contribution in [3.05, 3.63) is 35.9 Å². The molecule has 2 N–H and O–H groups in total. The van der Waals surface area contributed by atoms with Crippen molar-refractivity contribution < 1.29 is 9.90 Å². The quantitative estimate of drug-likeness (QED) is 0.840. The van der Waals surface area contributed by atoms with Crippen LogP contribution in [-0.2, 0) is 0 Å². The normalized spacial score (nSPS) is 12.6. The first-order chi connectivity index (χ1) is 9.40. The number of hydrogen-bond donors (Lipinski definition) is 2. The molecule has 1 aromatic rings. The van der Waals surface area contributed by atoms with E-state index in [1.807, 2.05) is 44.2 Å². The summed E-state index contributed by atoms with van der Waals surface area (Å²) < 4.78 is 0. The molecule has 0 aromatic heterocycles. The summed E-state index contributed by atoms with van der Waals surface area (Å²) in [6, 6.07) is 9.40. The second-order valence-corrected chi connectivity index (χ2v) is 5.83. The Morgan fingerprint density at radius 2 is 1.75 bits per heavy atom. The van der Waals surface area contributed by atoms with Crippen LogP contribution in [0.25, 0.3) is 0 Å². The highest BCUT2D eigenvalue weighted by Crippen LogP contribution is 2.14. The highest BCUT2D eigenvalue weighted by Gasteiger charge is 2.19. The van der Waals surface area contributed by atoms with E-state index in [9.17, 15) is 9.90 Å². The lowest BCUT2D eigenvalue weighted by Gasteiger charge is -2.28. The molecular formula is C16H26N2O2. The van der Waals surface area contributed by atoms with E-state index in [0.717, 1.165) is 5.56 Å². The highest BCUT2D eigenvalue weighted by atomic mass is 16.3. The maximum Gasteiger partial charge on any atom is 0.317 e. The maximum atomic E-state index is 12.2. The molecule has 0 unspecified atom stereocenters. The monoisotopic (exact) mass is 278 g/mol. The van der Waals surface area contributed by atoms with Gasteiger partial charge < -0.3 is 15.3 Å². The third kappa shape index (κ3) is 5.61. The van der Waals surface area contributed by atoms with E-state index in [2.05, 4.69) is 19.2 Å². The molecule has 0 radical (unpaired) electrons. The van der Waals surface area contributed by atoms with Gasteiger partial charge in [0.1, 0.15) is 0 Å². The van der Waals surface area contributed by atoms with Crippen LogP contribution in [0.4, 0.5) is 4.79 Å². The number of hydrogen-bond acceptors (Lipinski definition) is 2. The maximum absolute atomic E-state index is 12.2. The van der Waals surface area contributed by atoms with Crippen molar-refractivity contribution in [3.63, 3.8) is 0 Å². The number of urea groups is 1. The smallest absolute Gasteiger partial charge is 0.317 e. The molecule has 0 saturated carbocycles.